The Morgan fingerprint density at radius 3 is 1.76 bits per heavy atom. The molecule has 10 aromatic rings. The molecule has 2 heterocycles. The van der Waals surface area contributed by atoms with Gasteiger partial charge in [-0.2, -0.15) is 0 Å². The third-order valence-electron chi connectivity index (χ3n) is 9.98. The fraction of sp³-hybridized carbons (Fsp3) is 0. The van der Waals surface area contributed by atoms with E-state index in [-0.39, 0.29) is 0 Å². The molecule has 0 saturated heterocycles. The molecule has 240 valence electrons. The molecule has 0 aliphatic carbocycles. The number of nitrogens with zero attached hydrogens (tertiary/aromatic N) is 2. The normalized spacial score (nSPS) is 11.5. The minimum atomic E-state index is 0.886. The predicted octanol–water partition coefficient (Wildman–Crippen LogP) is 13.5. The van der Waals surface area contributed by atoms with Gasteiger partial charge < -0.3 is 13.9 Å². The van der Waals surface area contributed by atoms with Crippen molar-refractivity contribution in [3.05, 3.63) is 194 Å². The highest BCUT2D eigenvalue weighted by Gasteiger charge is 2.17. The Morgan fingerprint density at radius 2 is 0.922 bits per heavy atom. The van der Waals surface area contributed by atoms with Gasteiger partial charge in [-0.3, -0.25) is 0 Å². The maximum absolute atomic E-state index is 6.20. The van der Waals surface area contributed by atoms with Crippen LogP contribution in [0.2, 0.25) is 0 Å². The Morgan fingerprint density at radius 1 is 0.333 bits per heavy atom. The summed E-state index contributed by atoms with van der Waals surface area (Å²) in [4.78, 5) is 2.34. The van der Waals surface area contributed by atoms with Gasteiger partial charge in [0, 0.05) is 44.3 Å². The molecular formula is C48H32N2O. The summed E-state index contributed by atoms with van der Waals surface area (Å²) >= 11 is 0. The molecule has 0 bridgehead atoms. The molecule has 0 N–H and O–H groups in total. The van der Waals surface area contributed by atoms with Gasteiger partial charge in [0.25, 0.3) is 0 Å². The Kier molecular flexibility index (Phi) is 6.81. The molecule has 3 nitrogen and oxygen atoms in total. The molecule has 0 aliphatic rings. The lowest BCUT2D eigenvalue weighted by Crippen LogP contribution is -2.10. The lowest BCUT2D eigenvalue weighted by atomic mass is 10.0. The first-order valence-electron chi connectivity index (χ1n) is 17.3. The number of aromatic nitrogens is 1. The summed E-state index contributed by atoms with van der Waals surface area (Å²) in [7, 11) is 0. The molecule has 0 radical (unpaired) electrons. The van der Waals surface area contributed by atoms with Crippen LogP contribution in [0.5, 0.6) is 0 Å². The molecule has 10 rings (SSSR count). The van der Waals surface area contributed by atoms with Crippen molar-refractivity contribution in [3.63, 3.8) is 0 Å². The summed E-state index contributed by atoms with van der Waals surface area (Å²) < 4.78 is 8.56. The van der Waals surface area contributed by atoms with Crippen molar-refractivity contribution in [2.75, 3.05) is 4.90 Å². The molecular weight excluding hydrogens is 621 g/mol. The number of fused-ring (bicyclic) bond motifs is 6. The van der Waals surface area contributed by atoms with E-state index in [1.807, 2.05) is 12.1 Å². The van der Waals surface area contributed by atoms with Gasteiger partial charge in [0.05, 0.1) is 11.0 Å². The van der Waals surface area contributed by atoms with E-state index in [2.05, 4.69) is 191 Å². The molecule has 0 fully saturated rings. The van der Waals surface area contributed by atoms with Crippen molar-refractivity contribution >= 4 is 60.8 Å². The summed E-state index contributed by atoms with van der Waals surface area (Å²) in [5.74, 6) is 0. The molecule has 0 amide bonds. The summed E-state index contributed by atoms with van der Waals surface area (Å²) in [5.41, 5.74) is 13.3. The quantitative estimate of drug-likeness (QED) is 0.178. The van der Waals surface area contributed by atoms with Crippen molar-refractivity contribution < 1.29 is 4.42 Å². The Bertz CT molecular complexity index is 2850. The lowest BCUT2D eigenvalue weighted by Gasteiger charge is -2.26. The van der Waals surface area contributed by atoms with Gasteiger partial charge in [-0.1, -0.05) is 115 Å². The van der Waals surface area contributed by atoms with Crippen molar-refractivity contribution in [1.29, 1.82) is 0 Å². The first kappa shape index (κ1) is 29.1. The Labute approximate surface area is 295 Å². The van der Waals surface area contributed by atoms with E-state index in [4.69, 9.17) is 4.42 Å². The van der Waals surface area contributed by atoms with Gasteiger partial charge in [-0.05, 0) is 101 Å². The number of hydrogen-bond acceptors (Lipinski definition) is 2. The third-order valence-corrected chi connectivity index (χ3v) is 9.98. The summed E-state index contributed by atoms with van der Waals surface area (Å²) in [6, 6.07) is 69.2. The number of para-hydroxylation sites is 3. The summed E-state index contributed by atoms with van der Waals surface area (Å²) in [6.45, 7) is 0. The van der Waals surface area contributed by atoms with Crippen LogP contribution in [0.4, 0.5) is 17.1 Å². The van der Waals surface area contributed by atoms with Crippen LogP contribution in [-0.4, -0.2) is 4.57 Å². The number of anilines is 3. The van der Waals surface area contributed by atoms with Gasteiger partial charge in [0.1, 0.15) is 11.2 Å². The van der Waals surface area contributed by atoms with Crippen LogP contribution < -0.4 is 4.90 Å². The van der Waals surface area contributed by atoms with E-state index in [0.717, 1.165) is 39.0 Å². The Balaban J connectivity index is 1.09. The van der Waals surface area contributed by atoms with Crippen molar-refractivity contribution in [3.8, 4) is 27.9 Å². The van der Waals surface area contributed by atoms with Gasteiger partial charge >= 0.3 is 0 Å². The van der Waals surface area contributed by atoms with Crippen LogP contribution in [0.25, 0.3) is 71.7 Å². The second-order valence-electron chi connectivity index (χ2n) is 13.0. The average Bonchev–Trinajstić information content (AvgIpc) is 3.74. The molecule has 51 heavy (non-hydrogen) atoms. The first-order valence-corrected chi connectivity index (χ1v) is 17.3. The van der Waals surface area contributed by atoms with Gasteiger partial charge in [0.2, 0.25) is 0 Å². The van der Waals surface area contributed by atoms with Gasteiger partial charge in [0.15, 0.2) is 0 Å². The minimum Gasteiger partial charge on any atom is -0.456 e. The second-order valence-corrected chi connectivity index (χ2v) is 13.0. The van der Waals surface area contributed by atoms with E-state index < -0.39 is 0 Å². The van der Waals surface area contributed by atoms with Crippen LogP contribution >= 0.6 is 0 Å². The first-order chi connectivity index (χ1) is 25.3. The summed E-state index contributed by atoms with van der Waals surface area (Å²) in [5, 5.41) is 4.72. The molecule has 2 aromatic heterocycles. The monoisotopic (exact) mass is 652 g/mol. The largest absolute Gasteiger partial charge is 0.456 e. The van der Waals surface area contributed by atoms with Crippen LogP contribution in [-0.2, 0) is 0 Å². The average molecular weight is 653 g/mol. The van der Waals surface area contributed by atoms with Crippen molar-refractivity contribution in [1.82, 2.24) is 4.57 Å². The second kappa shape index (κ2) is 11.9. The molecule has 0 unspecified atom stereocenters. The van der Waals surface area contributed by atoms with Crippen LogP contribution in [0.15, 0.2) is 199 Å². The molecule has 0 aliphatic heterocycles. The van der Waals surface area contributed by atoms with E-state index in [1.165, 1.54) is 49.7 Å². The van der Waals surface area contributed by atoms with E-state index in [9.17, 15) is 0 Å². The van der Waals surface area contributed by atoms with E-state index >= 15 is 0 Å². The zero-order chi connectivity index (χ0) is 33.7. The highest BCUT2D eigenvalue weighted by molar-refractivity contribution is 6.10. The number of furan rings is 1. The zero-order valence-electron chi connectivity index (χ0n) is 27.8. The highest BCUT2D eigenvalue weighted by Crippen LogP contribution is 2.41. The van der Waals surface area contributed by atoms with Crippen LogP contribution in [0, 0.1) is 0 Å². The smallest absolute Gasteiger partial charge is 0.135 e. The number of benzene rings is 8. The van der Waals surface area contributed by atoms with Gasteiger partial charge in [-0.15, -0.1) is 0 Å². The summed E-state index contributed by atoms with van der Waals surface area (Å²) in [6.07, 6.45) is 0. The molecule has 0 atom stereocenters. The molecule has 0 spiro atoms. The Hall–Kier alpha value is -6.84. The van der Waals surface area contributed by atoms with Gasteiger partial charge in [-0.25, -0.2) is 0 Å². The third kappa shape index (κ3) is 4.98. The maximum atomic E-state index is 6.20. The predicted molar refractivity (Wildman–Crippen MR) is 214 cm³/mol. The number of rotatable bonds is 6. The standard InChI is InChI=1S/C48H32N2O/c1-3-12-33(13-4-1)35-14-11-17-39(30-35)49(40-27-29-48-44(32-40)42-19-8-10-21-47(42)51-48)38-25-22-34(23-26-38)36-24-28-46-43(31-36)41-18-7-9-20-45(41)50(46)37-15-5-2-6-16-37/h1-32H. The molecule has 3 heteroatoms. The fourth-order valence-electron chi connectivity index (χ4n) is 7.57. The molecule has 0 saturated carbocycles. The van der Waals surface area contributed by atoms with Crippen molar-refractivity contribution in [2.24, 2.45) is 0 Å². The topological polar surface area (TPSA) is 21.3 Å². The zero-order valence-corrected chi connectivity index (χ0v) is 27.8. The SMILES string of the molecule is c1ccc(-c2cccc(N(c3ccc(-c4ccc5c(c4)c4ccccc4n5-c4ccccc4)cc3)c3ccc4oc5ccccc5c4c3)c2)cc1. The number of hydrogen-bond donors (Lipinski definition) is 0. The lowest BCUT2D eigenvalue weighted by molar-refractivity contribution is 0.669. The van der Waals surface area contributed by atoms with Crippen LogP contribution in [0.3, 0.4) is 0 Å². The van der Waals surface area contributed by atoms with E-state index in [0.29, 0.717) is 0 Å². The maximum Gasteiger partial charge on any atom is 0.135 e. The fourth-order valence-corrected chi connectivity index (χ4v) is 7.57. The minimum absolute atomic E-state index is 0.886. The highest BCUT2D eigenvalue weighted by atomic mass is 16.3. The molecule has 8 aromatic carbocycles. The van der Waals surface area contributed by atoms with Crippen molar-refractivity contribution in [2.45, 2.75) is 0 Å². The van der Waals surface area contributed by atoms with Crippen LogP contribution in [0.1, 0.15) is 0 Å². The van der Waals surface area contributed by atoms with E-state index in [1.54, 1.807) is 0 Å².